The highest BCUT2D eigenvalue weighted by atomic mass is 32.2. The molecule has 0 fully saturated rings. The molecule has 0 saturated heterocycles. The highest BCUT2D eigenvalue weighted by molar-refractivity contribution is 7.91. The Bertz CT molecular complexity index is 797. The van der Waals surface area contributed by atoms with Gasteiger partial charge in [0.25, 0.3) is 0 Å². The smallest absolute Gasteiger partial charge is 0.179 e. The first kappa shape index (κ1) is 17.2. The first-order valence-electron chi connectivity index (χ1n) is 8.49. The van der Waals surface area contributed by atoms with Crippen molar-refractivity contribution in [3.8, 4) is 0 Å². The van der Waals surface area contributed by atoms with Crippen molar-refractivity contribution in [2.45, 2.75) is 37.6 Å². The van der Waals surface area contributed by atoms with E-state index in [-0.39, 0.29) is 17.2 Å². The molecule has 2 aromatic rings. The van der Waals surface area contributed by atoms with Crippen molar-refractivity contribution in [2.75, 3.05) is 12.3 Å². The number of rotatable bonds is 5. The summed E-state index contributed by atoms with van der Waals surface area (Å²) in [6, 6.07) is 17.4. The van der Waals surface area contributed by atoms with Crippen molar-refractivity contribution in [2.24, 2.45) is 5.41 Å². The van der Waals surface area contributed by atoms with Crippen LogP contribution in [0.15, 0.2) is 59.5 Å². The van der Waals surface area contributed by atoms with Crippen molar-refractivity contribution in [3.05, 3.63) is 65.7 Å². The summed E-state index contributed by atoms with van der Waals surface area (Å²) in [6.45, 7) is 4.97. The van der Waals surface area contributed by atoms with Crippen LogP contribution in [-0.4, -0.2) is 20.7 Å². The van der Waals surface area contributed by atoms with Crippen molar-refractivity contribution in [1.29, 1.82) is 0 Å². The summed E-state index contributed by atoms with van der Waals surface area (Å²) in [5, 5.41) is 3.51. The fourth-order valence-corrected chi connectivity index (χ4v) is 4.73. The molecular weight excluding hydrogens is 318 g/mol. The predicted octanol–water partition coefficient (Wildman–Crippen LogP) is 3.76. The minimum atomic E-state index is -3.24. The molecule has 24 heavy (non-hydrogen) atoms. The number of aryl methyl sites for hydroxylation is 1. The van der Waals surface area contributed by atoms with E-state index in [9.17, 15) is 8.42 Å². The summed E-state index contributed by atoms with van der Waals surface area (Å²) in [6.07, 6.45) is 2.19. The van der Waals surface area contributed by atoms with Crippen molar-refractivity contribution in [3.63, 3.8) is 0 Å². The van der Waals surface area contributed by atoms with E-state index in [1.54, 1.807) is 24.3 Å². The van der Waals surface area contributed by atoms with Gasteiger partial charge in [0.05, 0.1) is 10.6 Å². The van der Waals surface area contributed by atoms with Gasteiger partial charge in [-0.2, -0.15) is 0 Å². The largest absolute Gasteiger partial charge is 0.308 e. The number of benzene rings is 2. The topological polar surface area (TPSA) is 46.2 Å². The molecule has 0 bridgehead atoms. The third-order valence-electron chi connectivity index (χ3n) is 5.01. The quantitative estimate of drug-likeness (QED) is 0.899. The zero-order valence-electron chi connectivity index (χ0n) is 14.3. The standard InChI is InChI=1S/C20H25NO2S/c1-20(2)13-12-16-8-6-7-11-18(16)19(20)21-14-15-24(22,23)17-9-4-3-5-10-17/h3-11,19,21H,12-15H2,1-2H3. The summed E-state index contributed by atoms with van der Waals surface area (Å²) in [7, 11) is -3.24. The van der Waals surface area contributed by atoms with Crippen molar-refractivity contribution >= 4 is 9.84 Å². The Morgan fingerprint density at radius 1 is 1.04 bits per heavy atom. The third-order valence-corrected chi connectivity index (χ3v) is 6.74. The van der Waals surface area contributed by atoms with Gasteiger partial charge in [0.1, 0.15) is 0 Å². The van der Waals surface area contributed by atoms with Gasteiger partial charge < -0.3 is 5.32 Å². The number of hydrogen-bond acceptors (Lipinski definition) is 3. The van der Waals surface area contributed by atoms with Crippen molar-refractivity contribution < 1.29 is 8.42 Å². The van der Waals surface area contributed by atoms with E-state index in [0.29, 0.717) is 11.4 Å². The minimum absolute atomic E-state index is 0.116. The molecule has 4 heteroatoms. The molecule has 0 amide bonds. The van der Waals surface area contributed by atoms with Crippen molar-refractivity contribution in [1.82, 2.24) is 5.32 Å². The summed E-state index contributed by atoms with van der Waals surface area (Å²) in [5.41, 5.74) is 2.80. The van der Waals surface area contributed by atoms with Crippen LogP contribution in [0.5, 0.6) is 0 Å². The number of nitrogens with one attached hydrogen (secondary N) is 1. The molecule has 128 valence electrons. The second-order valence-corrected chi connectivity index (χ2v) is 9.32. The number of fused-ring (bicyclic) bond motifs is 1. The van der Waals surface area contributed by atoms with Crippen LogP contribution in [-0.2, 0) is 16.3 Å². The molecule has 0 heterocycles. The molecule has 1 N–H and O–H groups in total. The molecule has 0 radical (unpaired) electrons. The van der Waals surface area contributed by atoms with Gasteiger partial charge in [0, 0.05) is 12.6 Å². The molecule has 1 unspecified atom stereocenters. The van der Waals surface area contributed by atoms with E-state index < -0.39 is 9.84 Å². The van der Waals surface area contributed by atoms with Gasteiger partial charge in [-0.1, -0.05) is 56.3 Å². The summed E-state index contributed by atoms with van der Waals surface area (Å²) in [5.74, 6) is 0.117. The molecule has 0 aromatic heterocycles. The van der Waals surface area contributed by atoms with Gasteiger partial charge in [-0.05, 0) is 41.5 Å². The first-order chi connectivity index (χ1) is 11.4. The second kappa shape index (κ2) is 6.69. The average molecular weight is 343 g/mol. The first-order valence-corrected chi connectivity index (χ1v) is 10.1. The zero-order valence-corrected chi connectivity index (χ0v) is 15.1. The third kappa shape index (κ3) is 3.55. The van der Waals surface area contributed by atoms with Crippen LogP contribution in [0, 0.1) is 5.41 Å². The molecule has 3 nitrogen and oxygen atoms in total. The van der Waals surface area contributed by atoms with Gasteiger partial charge in [0.2, 0.25) is 0 Å². The van der Waals surface area contributed by atoms with Gasteiger partial charge in [-0.3, -0.25) is 0 Å². The van der Waals surface area contributed by atoms with Crippen LogP contribution in [0.2, 0.25) is 0 Å². The fraction of sp³-hybridized carbons (Fsp3) is 0.400. The predicted molar refractivity (Wildman–Crippen MR) is 97.8 cm³/mol. The van der Waals surface area contributed by atoms with Gasteiger partial charge in [-0.15, -0.1) is 0 Å². The maximum absolute atomic E-state index is 12.4. The van der Waals surface area contributed by atoms with E-state index in [2.05, 4.69) is 43.4 Å². The highest BCUT2D eigenvalue weighted by Gasteiger charge is 2.35. The lowest BCUT2D eigenvalue weighted by Gasteiger charge is -2.40. The molecular formula is C20H25NO2S. The SMILES string of the molecule is CC1(C)CCc2ccccc2C1NCCS(=O)(=O)c1ccccc1. The molecule has 1 aliphatic carbocycles. The van der Waals surface area contributed by atoms with Gasteiger partial charge in [-0.25, -0.2) is 8.42 Å². The summed E-state index contributed by atoms with van der Waals surface area (Å²) >= 11 is 0. The Hall–Kier alpha value is -1.65. The Labute approximate surface area is 145 Å². The van der Waals surface area contributed by atoms with E-state index in [1.807, 2.05) is 6.07 Å². The molecule has 3 rings (SSSR count). The molecule has 1 aliphatic rings. The Morgan fingerprint density at radius 3 is 2.46 bits per heavy atom. The number of hydrogen-bond donors (Lipinski definition) is 1. The summed E-state index contributed by atoms with van der Waals surface area (Å²) in [4.78, 5) is 0.398. The van der Waals surface area contributed by atoms with Crippen LogP contribution < -0.4 is 5.32 Å². The molecule has 0 saturated carbocycles. The Balaban J connectivity index is 1.72. The number of sulfone groups is 1. The molecule has 0 spiro atoms. The van der Waals surface area contributed by atoms with Crippen LogP contribution in [0.1, 0.15) is 37.4 Å². The van der Waals surface area contributed by atoms with Crippen LogP contribution in [0.3, 0.4) is 0 Å². The normalized spacial score (nSPS) is 19.7. The summed E-state index contributed by atoms with van der Waals surface area (Å²) < 4.78 is 24.9. The highest BCUT2D eigenvalue weighted by Crippen LogP contribution is 2.43. The fourth-order valence-electron chi connectivity index (χ4n) is 3.54. The lowest BCUT2D eigenvalue weighted by molar-refractivity contribution is 0.212. The molecule has 0 aliphatic heterocycles. The van der Waals surface area contributed by atoms with Crippen LogP contribution in [0.4, 0.5) is 0 Å². The van der Waals surface area contributed by atoms with Gasteiger partial charge in [0.15, 0.2) is 9.84 Å². The second-order valence-electron chi connectivity index (χ2n) is 7.21. The monoisotopic (exact) mass is 343 g/mol. The average Bonchev–Trinajstić information content (AvgIpc) is 2.57. The molecule has 2 aromatic carbocycles. The van der Waals surface area contributed by atoms with E-state index in [0.717, 1.165) is 12.8 Å². The minimum Gasteiger partial charge on any atom is -0.308 e. The maximum atomic E-state index is 12.4. The van der Waals surface area contributed by atoms with Crippen LogP contribution >= 0.6 is 0 Å². The lowest BCUT2D eigenvalue weighted by Crippen LogP contribution is -2.40. The van der Waals surface area contributed by atoms with E-state index >= 15 is 0 Å². The van der Waals surface area contributed by atoms with Crippen LogP contribution in [0.25, 0.3) is 0 Å². The molecule has 1 atom stereocenters. The van der Waals surface area contributed by atoms with Gasteiger partial charge >= 0.3 is 0 Å². The zero-order chi connectivity index (χ0) is 17.2. The van der Waals surface area contributed by atoms with E-state index in [4.69, 9.17) is 0 Å². The lowest BCUT2D eigenvalue weighted by atomic mass is 9.70. The van der Waals surface area contributed by atoms with E-state index in [1.165, 1.54) is 11.1 Å². The maximum Gasteiger partial charge on any atom is 0.179 e. The Kier molecular flexibility index (Phi) is 4.79. The Morgan fingerprint density at radius 2 is 1.71 bits per heavy atom.